The van der Waals surface area contributed by atoms with Crippen molar-refractivity contribution in [3.05, 3.63) is 82.4 Å². The van der Waals surface area contributed by atoms with Crippen LogP contribution in [-0.2, 0) is 19.0 Å². The molecule has 0 bridgehead atoms. The van der Waals surface area contributed by atoms with Crippen LogP contribution in [0.25, 0.3) is 0 Å². The number of alkyl halides is 1. The smallest absolute Gasteiger partial charge is 0.410 e. The molecule has 60 heavy (non-hydrogen) atoms. The number of amides is 1. The third kappa shape index (κ3) is 11.4. The summed E-state index contributed by atoms with van der Waals surface area (Å²) < 4.78 is 31.8. The van der Waals surface area contributed by atoms with E-state index in [1.807, 2.05) is 26.8 Å². The van der Waals surface area contributed by atoms with Crippen molar-refractivity contribution in [3.63, 3.8) is 0 Å². The lowest BCUT2D eigenvalue weighted by Gasteiger charge is -2.59. The minimum atomic E-state index is -1.55. The summed E-state index contributed by atoms with van der Waals surface area (Å²) in [5, 5.41) is 45.7. The van der Waals surface area contributed by atoms with Crippen LogP contribution in [0, 0.1) is 27.9 Å². The monoisotopic (exact) mass is 857 g/mol. The second-order valence-electron chi connectivity index (χ2n) is 16.2. The molecule has 330 valence electrons. The molecule has 2 aromatic rings. The van der Waals surface area contributed by atoms with Crippen LogP contribution in [0.3, 0.4) is 0 Å². The molecule has 1 heterocycles. The van der Waals surface area contributed by atoms with E-state index < -0.39 is 34.4 Å². The number of halogens is 1. The maximum Gasteiger partial charge on any atom is 0.410 e. The normalized spacial score (nSPS) is 23.8. The summed E-state index contributed by atoms with van der Waals surface area (Å²) in [4.78, 5) is 33.0. The van der Waals surface area contributed by atoms with Crippen molar-refractivity contribution in [3.8, 4) is 17.2 Å². The molecule has 0 radical (unpaired) electrons. The Balaban J connectivity index is 1.79. The average molecular weight is 858 g/mol. The molecule has 3 N–H and O–H groups in total. The van der Waals surface area contributed by atoms with Crippen molar-refractivity contribution in [2.24, 2.45) is 22.9 Å². The average Bonchev–Trinajstić information content (AvgIpc) is 3.22. The van der Waals surface area contributed by atoms with E-state index in [1.54, 1.807) is 30.3 Å². The number of unbranched alkanes of at least 4 members (excludes halogenated alkanes) is 2. The SMILES string of the molecule is C=CCO[C@@]12Oc3ccc(Oc4cccc([N+](=O)[O-])c4)cc3[C@H]3[C@H](CCCCO)[C@@H](CCCCO)C=C(C(=NOC(C)(C)C)C[C@@H]1N(CCOCCO)C(=O)OCCCl)[C@H]32. The number of aliphatic hydroxyl groups excluding tert-OH is 3. The fourth-order valence-corrected chi connectivity index (χ4v) is 8.69. The van der Waals surface area contributed by atoms with E-state index >= 15 is 0 Å². The molecule has 2 aliphatic carbocycles. The van der Waals surface area contributed by atoms with Crippen molar-refractivity contribution in [2.45, 2.75) is 89.1 Å². The second kappa shape index (κ2) is 22.0. The Hall–Kier alpha value is -4.25. The summed E-state index contributed by atoms with van der Waals surface area (Å²) >= 11 is 6.01. The largest absolute Gasteiger partial charge is 0.459 e. The number of hydrogen-bond acceptors (Lipinski definition) is 13. The summed E-state index contributed by atoms with van der Waals surface area (Å²) in [6.07, 6.45) is 7.52. The van der Waals surface area contributed by atoms with Crippen molar-refractivity contribution in [1.29, 1.82) is 0 Å². The van der Waals surface area contributed by atoms with Gasteiger partial charge < -0.3 is 43.8 Å². The molecule has 1 saturated carbocycles. The summed E-state index contributed by atoms with van der Waals surface area (Å²) in [6, 6.07) is 10.5. The Labute approximate surface area is 357 Å². The second-order valence-corrected chi connectivity index (χ2v) is 16.5. The van der Waals surface area contributed by atoms with Gasteiger partial charge in [0.1, 0.15) is 35.5 Å². The predicted octanol–water partition coefficient (Wildman–Crippen LogP) is 7.51. The maximum absolute atomic E-state index is 14.2. The van der Waals surface area contributed by atoms with Crippen molar-refractivity contribution >= 4 is 29.1 Å². The number of oxime groups is 1. The molecule has 2 aromatic carbocycles. The van der Waals surface area contributed by atoms with Gasteiger partial charge in [0.2, 0.25) is 5.79 Å². The summed E-state index contributed by atoms with van der Waals surface area (Å²) in [7, 11) is 0. The van der Waals surface area contributed by atoms with E-state index in [-0.39, 0.29) is 94.3 Å². The van der Waals surface area contributed by atoms with E-state index in [2.05, 4.69) is 12.7 Å². The maximum atomic E-state index is 14.2. The molecule has 1 fully saturated rings. The van der Waals surface area contributed by atoms with Gasteiger partial charge in [-0.25, -0.2) is 4.79 Å². The Morgan fingerprint density at radius 3 is 2.48 bits per heavy atom. The molecule has 1 amide bonds. The van der Waals surface area contributed by atoms with Gasteiger partial charge in [0, 0.05) is 43.7 Å². The number of rotatable bonds is 23. The van der Waals surface area contributed by atoms with Gasteiger partial charge >= 0.3 is 6.09 Å². The summed E-state index contributed by atoms with van der Waals surface area (Å²) in [5.41, 5.74) is 1.49. The third-order valence-electron chi connectivity index (χ3n) is 11.0. The summed E-state index contributed by atoms with van der Waals surface area (Å²) in [5.74, 6) is -1.28. The van der Waals surface area contributed by atoms with E-state index in [9.17, 15) is 30.2 Å². The standard InChI is InChI=1S/C44H60ClN3O12/c1-5-22-57-44-39(47(18-24-55-25-21-51)42(52)56-23-17-45)29-37(46-60-43(2,3)4)35-26-30(11-6-8-19-49)34(14-7-9-20-50)40(41(35)44)36-28-33(15-16-38(36)59-44)58-32-13-10-12-31(27-32)48(53)54/h5,10,12-13,15-16,26-28,30,34,39-41,49-51H,1,6-9,11,14,17-25,29H2,2-4H3/t30-,34+,39-,40+,41+,44+/m0/s1. The predicted molar refractivity (Wildman–Crippen MR) is 226 cm³/mol. The van der Waals surface area contributed by atoms with Crippen LogP contribution in [-0.4, -0.2) is 113 Å². The highest BCUT2D eigenvalue weighted by atomic mass is 35.5. The Morgan fingerprint density at radius 2 is 1.80 bits per heavy atom. The number of nitrogens with zero attached hydrogens (tertiary/aromatic N) is 3. The molecule has 0 aromatic heterocycles. The van der Waals surface area contributed by atoms with E-state index in [4.69, 9.17) is 45.3 Å². The number of non-ortho nitro benzene ring substituents is 1. The van der Waals surface area contributed by atoms with Gasteiger partial charge in [0.05, 0.1) is 54.9 Å². The van der Waals surface area contributed by atoms with Crippen LogP contribution in [0.1, 0.15) is 77.2 Å². The molecule has 16 heteroatoms. The zero-order chi connectivity index (χ0) is 43.3. The number of nitro benzene ring substituents is 1. The van der Waals surface area contributed by atoms with E-state index in [1.165, 1.54) is 17.0 Å². The van der Waals surface area contributed by atoms with Gasteiger partial charge in [-0.15, -0.1) is 18.2 Å². The molecular weight excluding hydrogens is 798 g/mol. The van der Waals surface area contributed by atoms with Crippen LogP contribution < -0.4 is 9.47 Å². The number of hydrogen-bond donors (Lipinski definition) is 3. The number of ether oxygens (including phenoxy) is 5. The molecule has 6 atom stereocenters. The van der Waals surface area contributed by atoms with Crippen molar-refractivity contribution < 1.29 is 53.6 Å². The van der Waals surface area contributed by atoms with E-state index in [0.717, 1.165) is 30.4 Å². The minimum Gasteiger partial charge on any atom is -0.459 e. The molecule has 3 aliphatic rings. The van der Waals surface area contributed by atoms with Crippen molar-refractivity contribution in [2.75, 3.05) is 58.7 Å². The van der Waals surface area contributed by atoms with Crippen LogP contribution in [0.15, 0.2) is 71.9 Å². The first-order chi connectivity index (χ1) is 28.9. The van der Waals surface area contributed by atoms with Gasteiger partial charge in [-0.3, -0.25) is 15.0 Å². The van der Waals surface area contributed by atoms with Crippen LogP contribution in [0.4, 0.5) is 10.5 Å². The fourth-order valence-electron chi connectivity index (χ4n) is 8.61. The Bertz CT molecular complexity index is 1820. The molecule has 1 aliphatic heterocycles. The molecule has 15 nitrogen and oxygen atoms in total. The lowest BCUT2D eigenvalue weighted by Crippen LogP contribution is -2.70. The Kier molecular flexibility index (Phi) is 17.2. The van der Waals surface area contributed by atoms with Gasteiger partial charge in [0.25, 0.3) is 5.69 Å². The summed E-state index contributed by atoms with van der Waals surface area (Å²) in [6.45, 7) is 9.75. The quantitative estimate of drug-likeness (QED) is 0.0328. The topological polar surface area (TPSA) is 192 Å². The number of aliphatic hydroxyl groups is 3. The molecule has 0 unspecified atom stereocenters. The van der Waals surface area contributed by atoms with Gasteiger partial charge in [0.15, 0.2) is 0 Å². The van der Waals surface area contributed by atoms with Crippen LogP contribution in [0.2, 0.25) is 0 Å². The van der Waals surface area contributed by atoms with Gasteiger partial charge in [-0.2, -0.15) is 0 Å². The first-order valence-corrected chi connectivity index (χ1v) is 21.3. The lowest BCUT2D eigenvalue weighted by molar-refractivity contribution is -0.384. The minimum absolute atomic E-state index is 0.0102. The molecular formula is C44H60ClN3O12. The highest BCUT2D eigenvalue weighted by Gasteiger charge is 2.65. The molecule has 5 rings (SSSR count). The lowest BCUT2D eigenvalue weighted by atomic mass is 9.55. The number of allylic oxidation sites excluding steroid dienone is 1. The number of nitro groups is 1. The third-order valence-corrected chi connectivity index (χ3v) is 11.1. The number of carbonyl (C=O) groups excluding carboxylic acids is 1. The fraction of sp³-hybridized carbons (Fsp3) is 0.591. The highest BCUT2D eigenvalue weighted by molar-refractivity contribution is 6.18. The highest BCUT2D eigenvalue weighted by Crippen LogP contribution is 2.62. The van der Waals surface area contributed by atoms with E-state index in [0.29, 0.717) is 36.5 Å². The Morgan fingerprint density at radius 1 is 1.05 bits per heavy atom. The number of fused-ring (bicyclic) bond motifs is 2. The van der Waals surface area contributed by atoms with Crippen LogP contribution >= 0.6 is 11.6 Å². The molecule has 0 spiro atoms. The zero-order valence-corrected chi connectivity index (χ0v) is 35.6. The van der Waals surface area contributed by atoms with Crippen LogP contribution in [0.5, 0.6) is 17.2 Å². The molecule has 0 saturated heterocycles. The zero-order valence-electron chi connectivity index (χ0n) is 34.8. The first-order valence-electron chi connectivity index (χ1n) is 20.8. The van der Waals surface area contributed by atoms with Gasteiger partial charge in [-0.1, -0.05) is 36.2 Å². The van der Waals surface area contributed by atoms with Crippen molar-refractivity contribution in [1.82, 2.24) is 4.90 Å². The number of carbonyl (C=O) groups is 1. The van der Waals surface area contributed by atoms with Gasteiger partial charge in [-0.05, 0) is 88.1 Å². The first kappa shape index (κ1) is 46.8. The number of benzene rings is 2.